The van der Waals surface area contributed by atoms with Gasteiger partial charge in [-0.05, 0) is 47.7 Å². The molecule has 1 aliphatic rings. The summed E-state index contributed by atoms with van der Waals surface area (Å²) in [5, 5.41) is 5.16. The lowest BCUT2D eigenvalue weighted by Crippen LogP contribution is -2.30. The van der Waals surface area contributed by atoms with Crippen molar-refractivity contribution in [2.75, 3.05) is 16.8 Å². The number of hydrogen-bond acceptors (Lipinski definition) is 4. The molecule has 1 N–H and O–H groups in total. The van der Waals surface area contributed by atoms with Crippen LogP contribution in [0.4, 0.5) is 11.4 Å². The number of nitrogens with one attached hydrogen (secondary N) is 1. The number of thiophene rings is 1. The maximum Gasteiger partial charge on any atom is 0.274 e. The minimum Gasteiger partial charge on any atom is -0.365 e. The molecule has 2 aromatic heterocycles. The molecule has 5 heteroatoms. The molecule has 1 amide bonds. The Morgan fingerprint density at radius 1 is 1.12 bits per heavy atom. The van der Waals surface area contributed by atoms with Crippen LogP contribution in [0.3, 0.4) is 0 Å². The summed E-state index contributed by atoms with van der Waals surface area (Å²) in [4.78, 5) is 20.3. The smallest absolute Gasteiger partial charge is 0.274 e. The molecule has 24 heavy (non-hydrogen) atoms. The molecule has 0 unspecified atom stereocenters. The number of pyridine rings is 1. The number of hydrogen-bond donors (Lipinski definition) is 1. The molecular weight excluding hydrogens is 318 g/mol. The third-order valence-electron chi connectivity index (χ3n) is 4.20. The standard InChI is InChI=1S/C19H17N3OS/c23-19(16-6-3-4-10-20-16)21-15-5-1-2-7-17(15)22-11-8-18-14(13-22)9-12-24-18/h1-7,9-10,12H,8,11,13H2,(H,21,23). The molecule has 3 heterocycles. The number of carbonyl (C=O) groups is 1. The average Bonchev–Trinajstić information content (AvgIpc) is 3.10. The Balaban J connectivity index is 1.58. The molecule has 4 rings (SSSR count). The van der Waals surface area contributed by atoms with Gasteiger partial charge in [-0.2, -0.15) is 0 Å². The summed E-state index contributed by atoms with van der Waals surface area (Å²) in [5.74, 6) is -0.184. The number of fused-ring (bicyclic) bond motifs is 1. The van der Waals surface area contributed by atoms with Gasteiger partial charge in [-0.1, -0.05) is 18.2 Å². The van der Waals surface area contributed by atoms with Crippen LogP contribution in [-0.2, 0) is 13.0 Å². The first-order valence-corrected chi connectivity index (χ1v) is 8.81. The van der Waals surface area contributed by atoms with Crippen molar-refractivity contribution in [3.8, 4) is 0 Å². The first kappa shape index (κ1) is 14.9. The van der Waals surface area contributed by atoms with Crippen molar-refractivity contribution in [3.63, 3.8) is 0 Å². The number of para-hydroxylation sites is 2. The van der Waals surface area contributed by atoms with E-state index >= 15 is 0 Å². The predicted molar refractivity (Wildman–Crippen MR) is 97.7 cm³/mol. The Bertz CT molecular complexity index is 860. The molecule has 0 bridgehead atoms. The van der Waals surface area contributed by atoms with Crippen LogP contribution in [0.2, 0.25) is 0 Å². The van der Waals surface area contributed by atoms with Crippen LogP contribution in [0, 0.1) is 0 Å². The zero-order chi connectivity index (χ0) is 16.4. The van der Waals surface area contributed by atoms with Gasteiger partial charge >= 0.3 is 0 Å². The van der Waals surface area contributed by atoms with Gasteiger partial charge in [-0.3, -0.25) is 9.78 Å². The van der Waals surface area contributed by atoms with E-state index in [4.69, 9.17) is 0 Å². The van der Waals surface area contributed by atoms with Gasteiger partial charge < -0.3 is 10.2 Å². The quantitative estimate of drug-likeness (QED) is 0.788. The Hall–Kier alpha value is -2.66. The lowest BCUT2D eigenvalue weighted by Gasteiger charge is -2.30. The number of anilines is 2. The van der Waals surface area contributed by atoms with Crippen molar-refractivity contribution in [2.24, 2.45) is 0 Å². The highest BCUT2D eigenvalue weighted by Gasteiger charge is 2.20. The van der Waals surface area contributed by atoms with Crippen molar-refractivity contribution in [2.45, 2.75) is 13.0 Å². The van der Waals surface area contributed by atoms with Gasteiger partial charge in [-0.25, -0.2) is 0 Å². The molecule has 1 aliphatic heterocycles. The van der Waals surface area contributed by atoms with Crippen molar-refractivity contribution in [1.29, 1.82) is 0 Å². The second kappa shape index (κ2) is 6.45. The molecule has 0 aliphatic carbocycles. The first-order valence-electron chi connectivity index (χ1n) is 7.93. The third-order valence-corrected chi connectivity index (χ3v) is 5.22. The van der Waals surface area contributed by atoms with Gasteiger partial charge in [0.25, 0.3) is 5.91 Å². The molecule has 0 saturated carbocycles. The Labute approximate surface area is 144 Å². The minimum atomic E-state index is -0.184. The summed E-state index contributed by atoms with van der Waals surface area (Å²) < 4.78 is 0. The van der Waals surface area contributed by atoms with Crippen LogP contribution < -0.4 is 10.2 Å². The number of aromatic nitrogens is 1. The van der Waals surface area contributed by atoms with Gasteiger partial charge in [0.05, 0.1) is 11.4 Å². The van der Waals surface area contributed by atoms with Crippen LogP contribution >= 0.6 is 11.3 Å². The van der Waals surface area contributed by atoms with E-state index in [-0.39, 0.29) is 5.91 Å². The highest BCUT2D eigenvalue weighted by Crippen LogP contribution is 2.32. The summed E-state index contributed by atoms with van der Waals surface area (Å²) in [6, 6.07) is 15.5. The van der Waals surface area contributed by atoms with Crippen LogP contribution in [-0.4, -0.2) is 17.4 Å². The zero-order valence-electron chi connectivity index (χ0n) is 13.1. The molecule has 3 aromatic rings. The number of nitrogens with zero attached hydrogens (tertiary/aromatic N) is 2. The SMILES string of the molecule is O=C(Nc1ccccc1N1CCc2sccc2C1)c1ccccn1. The maximum absolute atomic E-state index is 12.4. The predicted octanol–water partition coefficient (Wildman–Crippen LogP) is 3.96. The number of carbonyl (C=O) groups excluding carboxylic acids is 1. The lowest BCUT2D eigenvalue weighted by atomic mass is 10.1. The Morgan fingerprint density at radius 3 is 2.88 bits per heavy atom. The van der Waals surface area contributed by atoms with Crippen molar-refractivity contribution >= 4 is 28.6 Å². The topological polar surface area (TPSA) is 45.2 Å². The second-order valence-corrected chi connectivity index (χ2v) is 6.73. The fraction of sp³-hybridized carbons (Fsp3) is 0.158. The van der Waals surface area contributed by atoms with Gasteiger partial charge in [-0.15, -0.1) is 11.3 Å². The van der Waals surface area contributed by atoms with E-state index in [9.17, 15) is 4.79 Å². The molecule has 0 fully saturated rings. The molecule has 120 valence electrons. The van der Waals surface area contributed by atoms with Gasteiger partial charge in [0.15, 0.2) is 0 Å². The zero-order valence-corrected chi connectivity index (χ0v) is 13.9. The number of amides is 1. The molecule has 4 nitrogen and oxygen atoms in total. The summed E-state index contributed by atoms with van der Waals surface area (Å²) in [6.45, 7) is 1.85. The van der Waals surface area contributed by atoms with E-state index in [1.165, 1.54) is 10.4 Å². The van der Waals surface area contributed by atoms with Crippen LogP contribution in [0.1, 0.15) is 20.9 Å². The van der Waals surface area contributed by atoms with E-state index in [1.54, 1.807) is 18.3 Å². The van der Waals surface area contributed by atoms with Crippen LogP contribution in [0.15, 0.2) is 60.1 Å². The molecular formula is C19H17N3OS. The highest BCUT2D eigenvalue weighted by atomic mass is 32.1. The molecule has 0 radical (unpaired) electrons. The van der Waals surface area contributed by atoms with Crippen LogP contribution in [0.25, 0.3) is 0 Å². The van der Waals surface area contributed by atoms with Crippen molar-refractivity contribution in [1.82, 2.24) is 4.98 Å². The number of benzene rings is 1. The molecule has 0 saturated heterocycles. The van der Waals surface area contributed by atoms with E-state index < -0.39 is 0 Å². The molecule has 0 atom stereocenters. The number of rotatable bonds is 3. The van der Waals surface area contributed by atoms with Crippen molar-refractivity contribution in [3.05, 3.63) is 76.2 Å². The fourth-order valence-corrected chi connectivity index (χ4v) is 3.88. The third kappa shape index (κ3) is 2.90. The van der Waals surface area contributed by atoms with Gasteiger partial charge in [0.1, 0.15) is 5.69 Å². The summed E-state index contributed by atoms with van der Waals surface area (Å²) in [7, 11) is 0. The molecule has 1 aromatic carbocycles. The maximum atomic E-state index is 12.4. The lowest BCUT2D eigenvalue weighted by molar-refractivity contribution is 0.102. The second-order valence-electron chi connectivity index (χ2n) is 5.73. The van der Waals surface area contributed by atoms with Crippen LogP contribution in [0.5, 0.6) is 0 Å². The Kier molecular flexibility index (Phi) is 4.01. The van der Waals surface area contributed by atoms with Gasteiger partial charge in [0, 0.05) is 24.2 Å². The fourth-order valence-electron chi connectivity index (χ4n) is 2.99. The summed E-state index contributed by atoms with van der Waals surface area (Å²) >= 11 is 1.83. The van der Waals surface area contributed by atoms with Gasteiger partial charge in [0.2, 0.25) is 0 Å². The monoisotopic (exact) mass is 335 g/mol. The normalized spacial score (nSPS) is 13.4. The van der Waals surface area contributed by atoms with E-state index in [0.29, 0.717) is 5.69 Å². The van der Waals surface area contributed by atoms with Crippen molar-refractivity contribution < 1.29 is 4.79 Å². The van der Waals surface area contributed by atoms with E-state index in [0.717, 1.165) is 30.9 Å². The summed E-state index contributed by atoms with van der Waals surface area (Å²) in [5.41, 5.74) is 3.69. The first-order chi connectivity index (χ1) is 11.8. The minimum absolute atomic E-state index is 0.184. The van der Waals surface area contributed by atoms with E-state index in [1.807, 2.05) is 35.6 Å². The van der Waals surface area contributed by atoms with E-state index in [2.05, 4.69) is 32.7 Å². The molecule has 0 spiro atoms. The summed E-state index contributed by atoms with van der Waals surface area (Å²) in [6.07, 6.45) is 2.68. The highest BCUT2D eigenvalue weighted by molar-refractivity contribution is 7.10. The Morgan fingerprint density at radius 2 is 2.00 bits per heavy atom. The average molecular weight is 335 g/mol. The largest absolute Gasteiger partial charge is 0.365 e.